The molecule has 0 aromatic heterocycles. The predicted molar refractivity (Wildman–Crippen MR) is 65.0 cm³/mol. The SMILES string of the molecule is NC1CCCC(CCC(=O)N2CCCC2)C1. The lowest BCUT2D eigenvalue weighted by Crippen LogP contribution is -2.30. The molecule has 1 aliphatic heterocycles. The fraction of sp³-hybridized carbons (Fsp3) is 0.923. The van der Waals surface area contributed by atoms with Crippen LogP contribution in [0.5, 0.6) is 0 Å². The van der Waals surface area contributed by atoms with Crippen molar-refractivity contribution in [1.82, 2.24) is 4.90 Å². The maximum atomic E-state index is 11.9. The topological polar surface area (TPSA) is 46.3 Å². The van der Waals surface area contributed by atoms with Gasteiger partial charge in [0.25, 0.3) is 0 Å². The number of nitrogens with two attached hydrogens (primary N) is 1. The highest BCUT2D eigenvalue weighted by Gasteiger charge is 2.22. The van der Waals surface area contributed by atoms with Crippen molar-refractivity contribution in [2.75, 3.05) is 13.1 Å². The quantitative estimate of drug-likeness (QED) is 0.796. The van der Waals surface area contributed by atoms with Gasteiger partial charge in [0.2, 0.25) is 5.91 Å². The summed E-state index contributed by atoms with van der Waals surface area (Å²) in [7, 11) is 0. The average molecular weight is 224 g/mol. The Balaban J connectivity index is 1.67. The van der Waals surface area contributed by atoms with Crippen LogP contribution >= 0.6 is 0 Å². The summed E-state index contributed by atoms with van der Waals surface area (Å²) in [6.45, 7) is 1.98. The fourth-order valence-corrected chi connectivity index (χ4v) is 3.05. The second-order valence-corrected chi connectivity index (χ2v) is 5.42. The summed E-state index contributed by atoms with van der Waals surface area (Å²) in [5.41, 5.74) is 5.96. The van der Waals surface area contributed by atoms with Crippen molar-refractivity contribution in [3.8, 4) is 0 Å². The van der Waals surface area contributed by atoms with Gasteiger partial charge in [-0.15, -0.1) is 0 Å². The van der Waals surface area contributed by atoms with Crippen molar-refractivity contribution < 1.29 is 4.79 Å². The number of nitrogens with zero attached hydrogens (tertiary/aromatic N) is 1. The minimum atomic E-state index is 0.372. The van der Waals surface area contributed by atoms with Crippen LogP contribution in [-0.2, 0) is 4.79 Å². The van der Waals surface area contributed by atoms with Gasteiger partial charge in [-0.05, 0) is 38.0 Å². The van der Waals surface area contributed by atoms with Crippen molar-refractivity contribution in [3.05, 3.63) is 0 Å². The zero-order chi connectivity index (χ0) is 11.4. The molecule has 2 aliphatic rings. The number of rotatable bonds is 3. The first-order valence-corrected chi connectivity index (χ1v) is 6.79. The van der Waals surface area contributed by atoms with Gasteiger partial charge >= 0.3 is 0 Å². The summed E-state index contributed by atoms with van der Waals surface area (Å²) in [5, 5.41) is 0. The van der Waals surface area contributed by atoms with E-state index in [4.69, 9.17) is 5.73 Å². The maximum absolute atomic E-state index is 11.9. The van der Waals surface area contributed by atoms with Gasteiger partial charge in [0.15, 0.2) is 0 Å². The van der Waals surface area contributed by atoms with Crippen molar-refractivity contribution in [2.45, 2.75) is 57.4 Å². The van der Waals surface area contributed by atoms with Crippen LogP contribution < -0.4 is 5.73 Å². The molecule has 2 N–H and O–H groups in total. The van der Waals surface area contributed by atoms with Crippen LogP contribution in [0.2, 0.25) is 0 Å². The van der Waals surface area contributed by atoms with E-state index in [1.807, 2.05) is 4.90 Å². The normalized spacial score (nSPS) is 30.7. The lowest BCUT2D eigenvalue weighted by molar-refractivity contribution is -0.130. The molecule has 2 rings (SSSR count). The Hall–Kier alpha value is -0.570. The monoisotopic (exact) mass is 224 g/mol. The number of hydrogen-bond acceptors (Lipinski definition) is 2. The number of amides is 1. The van der Waals surface area contributed by atoms with Gasteiger partial charge < -0.3 is 10.6 Å². The summed E-state index contributed by atoms with van der Waals surface area (Å²) in [6, 6.07) is 0.389. The number of carbonyl (C=O) groups is 1. The molecule has 1 saturated carbocycles. The lowest BCUT2D eigenvalue weighted by atomic mass is 9.83. The van der Waals surface area contributed by atoms with E-state index in [-0.39, 0.29) is 0 Å². The van der Waals surface area contributed by atoms with Crippen LogP contribution in [0.3, 0.4) is 0 Å². The highest BCUT2D eigenvalue weighted by molar-refractivity contribution is 5.76. The third-order valence-corrected chi connectivity index (χ3v) is 4.05. The van der Waals surface area contributed by atoms with E-state index in [0.717, 1.165) is 32.4 Å². The highest BCUT2D eigenvalue weighted by atomic mass is 16.2. The smallest absolute Gasteiger partial charge is 0.222 e. The summed E-state index contributed by atoms with van der Waals surface area (Å²) in [5.74, 6) is 1.08. The van der Waals surface area contributed by atoms with Crippen molar-refractivity contribution >= 4 is 5.91 Å². The summed E-state index contributed by atoms with van der Waals surface area (Å²) in [4.78, 5) is 13.9. The fourth-order valence-electron chi connectivity index (χ4n) is 3.05. The summed E-state index contributed by atoms with van der Waals surface area (Å²) in [6.07, 6.45) is 9.04. The Labute approximate surface area is 98.4 Å². The molecule has 2 atom stereocenters. The summed E-state index contributed by atoms with van der Waals surface area (Å²) < 4.78 is 0. The van der Waals surface area contributed by atoms with E-state index in [9.17, 15) is 4.79 Å². The molecule has 3 nitrogen and oxygen atoms in total. The Kier molecular flexibility index (Phi) is 4.22. The van der Waals surface area contributed by atoms with E-state index in [0.29, 0.717) is 17.9 Å². The molecule has 1 amide bonds. The Bertz CT molecular complexity index is 236. The molecular formula is C13H24N2O. The average Bonchev–Trinajstić information content (AvgIpc) is 2.79. The molecule has 0 aromatic carbocycles. The maximum Gasteiger partial charge on any atom is 0.222 e. The third-order valence-electron chi connectivity index (χ3n) is 4.05. The van der Waals surface area contributed by atoms with Crippen molar-refractivity contribution in [2.24, 2.45) is 11.7 Å². The minimum Gasteiger partial charge on any atom is -0.343 e. The molecule has 0 aromatic rings. The lowest BCUT2D eigenvalue weighted by Gasteiger charge is -2.27. The van der Waals surface area contributed by atoms with Gasteiger partial charge in [-0.25, -0.2) is 0 Å². The van der Waals surface area contributed by atoms with Crippen LogP contribution in [0.1, 0.15) is 51.4 Å². The van der Waals surface area contributed by atoms with Crippen LogP contribution in [0, 0.1) is 5.92 Å². The zero-order valence-corrected chi connectivity index (χ0v) is 10.2. The molecule has 2 fully saturated rings. The molecule has 2 unspecified atom stereocenters. The molecule has 1 saturated heterocycles. The first-order valence-electron chi connectivity index (χ1n) is 6.79. The van der Waals surface area contributed by atoms with Gasteiger partial charge in [-0.2, -0.15) is 0 Å². The number of hydrogen-bond donors (Lipinski definition) is 1. The van der Waals surface area contributed by atoms with Crippen LogP contribution in [0.15, 0.2) is 0 Å². The van der Waals surface area contributed by atoms with Crippen LogP contribution in [0.4, 0.5) is 0 Å². The van der Waals surface area contributed by atoms with Crippen molar-refractivity contribution in [1.29, 1.82) is 0 Å². The Morgan fingerprint density at radius 3 is 2.62 bits per heavy atom. The predicted octanol–water partition coefficient (Wildman–Crippen LogP) is 1.91. The molecule has 16 heavy (non-hydrogen) atoms. The number of carbonyl (C=O) groups excluding carboxylic acids is 1. The van der Waals surface area contributed by atoms with E-state index in [2.05, 4.69) is 0 Å². The molecule has 0 bridgehead atoms. The minimum absolute atomic E-state index is 0.372. The summed E-state index contributed by atoms with van der Waals surface area (Å²) >= 11 is 0. The van der Waals surface area contributed by atoms with E-state index in [1.165, 1.54) is 32.1 Å². The molecule has 0 spiro atoms. The van der Waals surface area contributed by atoms with E-state index >= 15 is 0 Å². The molecule has 3 heteroatoms. The van der Waals surface area contributed by atoms with Crippen LogP contribution in [0.25, 0.3) is 0 Å². The molecular weight excluding hydrogens is 200 g/mol. The van der Waals surface area contributed by atoms with Crippen molar-refractivity contribution in [3.63, 3.8) is 0 Å². The first-order chi connectivity index (χ1) is 7.75. The second-order valence-electron chi connectivity index (χ2n) is 5.42. The molecule has 92 valence electrons. The Morgan fingerprint density at radius 1 is 1.19 bits per heavy atom. The standard InChI is InChI=1S/C13H24N2O/c14-12-5-3-4-11(10-12)6-7-13(16)15-8-1-2-9-15/h11-12H,1-10,14H2. The van der Waals surface area contributed by atoms with Gasteiger partial charge in [-0.3, -0.25) is 4.79 Å². The van der Waals surface area contributed by atoms with E-state index < -0.39 is 0 Å². The van der Waals surface area contributed by atoms with Gasteiger partial charge in [-0.1, -0.05) is 12.8 Å². The second kappa shape index (κ2) is 5.67. The largest absolute Gasteiger partial charge is 0.343 e. The van der Waals surface area contributed by atoms with Crippen LogP contribution in [-0.4, -0.2) is 29.9 Å². The highest BCUT2D eigenvalue weighted by Crippen LogP contribution is 2.27. The first kappa shape index (κ1) is 11.9. The van der Waals surface area contributed by atoms with Gasteiger partial charge in [0.1, 0.15) is 0 Å². The molecule has 1 aliphatic carbocycles. The third kappa shape index (κ3) is 3.21. The molecule has 1 heterocycles. The number of likely N-dealkylation sites (tertiary alicyclic amines) is 1. The van der Waals surface area contributed by atoms with Gasteiger partial charge in [0, 0.05) is 25.6 Å². The Morgan fingerprint density at radius 2 is 1.94 bits per heavy atom. The van der Waals surface area contributed by atoms with Gasteiger partial charge in [0.05, 0.1) is 0 Å². The van der Waals surface area contributed by atoms with E-state index in [1.54, 1.807) is 0 Å². The molecule has 0 radical (unpaired) electrons. The zero-order valence-electron chi connectivity index (χ0n) is 10.2.